The van der Waals surface area contributed by atoms with E-state index in [9.17, 15) is 9.59 Å². The van der Waals surface area contributed by atoms with E-state index in [-0.39, 0.29) is 28.8 Å². The Morgan fingerprint density at radius 1 is 1.08 bits per heavy atom. The third-order valence-corrected chi connectivity index (χ3v) is 4.11. The quantitative estimate of drug-likeness (QED) is 0.652. The molecule has 0 unspecified atom stereocenters. The first kappa shape index (κ1) is 20.4. The topological polar surface area (TPSA) is 64.6 Å². The Hall–Kier alpha value is -1.95. The minimum absolute atomic E-state index is 0.0179. The maximum Gasteiger partial charge on any atom is 0.309 e. The zero-order chi connectivity index (χ0) is 19.1. The van der Waals surface area contributed by atoms with Crippen LogP contribution in [-0.2, 0) is 14.3 Å². The van der Waals surface area contributed by atoms with Crippen LogP contribution >= 0.6 is 34.8 Å². The fraction of sp³-hybridized carbons (Fsp3) is 0.222. The Morgan fingerprint density at radius 2 is 1.73 bits per heavy atom. The van der Waals surface area contributed by atoms with Gasteiger partial charge in [-0.15, -0.1) is 0 Å². The molecule has 0 saturated carbocycles. The molecule has 0 atom stereocenters. The van der Waals surface area contributed by atoms with Crippen molar-refractivity contribution in [1.29, 1.82) is 0 Å². The first-order valence-corrected chi connectivity index (χ1v) is 8.78. The summed E-state index contributed by atoms with van der Waals surface area (Å²) in [6.45, 7) is 1.60. The van der Waals surface area contributed by atoms with Crippen LogP contribution in [0, 0.1) is 6.92 Å². The molecule has 2 aromatic rings. The normalized spacial score (nSPS) is 10.3. The highest BCUT2D eigenvalue weighted by molar-refractivity contribution is 6.42. The highest BCUT2D eigenvalue weighted by atomic mass is 35.5. The van der Waals surface area contributed by atoms with Crippen LogP contribution in [0.5, 0.6) is 5.75 Å². The van der Waals surface area contributed by atoms with Crippen LogP contribution in [0.25, 0.3) is 0 Å². The third kappa shape index (κ3) is 6.09. The summed E-state index contributed by atoms with van der Waals surface area (Å²) in [7, 11) is 0. The zero-order valence-corrected chi connectivity index (χ0v) is 16.1. The SMILES string of the molecule is Cc1ccccc1OCCC(=O)OCC(=O)Nc1c(Cl)cc(Cl)cc1Cl. The Labute approximate surface area is 166 Å². The number of carbonyl (C=O) groups is 2. The van der Waals surface area contributed by atoms with Gasteiger partial charge in [0.25, 0.3) is 5.91 Å². The number of anilines is 1. The standard InChI is InChI=1S/C18H16Cl3NO4/c1-11-4-2-3-5-15(11)25-7-6-17(24)26-10-16(23)22-18-13(20)8-12(19)9-14(18)21/h2-5,8-9H,6-7,10H2,1H3,(H,22,23). The molecule has 138 valence electrons. The van der Waals surface area contributed by atoms with E-state index in [4.69, 9.17) is 44.3 Å². The molecule has 0 aliphatic carbocycles. The molecule has 0 radical (unpaired) electrons. The number of ether oxygens (including phenoxy) is 2. The summed E-state index contributed by atoms with van der Waals surface area (Å²) in [5.74, 6) is -0.420. The molecule has 0 aliphatic rings. The summed E-state index contributed by atoms with van der Waals surface area (Å²) in [4.78, 5) is 23.6. The highest BCUT2D eigenvalue weighted by Gasteiger charge is 2.13. The van der Waals surface area contributed by atoms with Gasteiger partial charge in [-0.25, -0.2) is 0 Å². The lowest BCUT2D eigenvalue weighted by Gasteiger charge is -2.11. The van der Waals surface area contributed by atoms with E-state index in [2.05, 4.69) is 5.32 Å². The van der Waals surface area contributed by atoms with Crippen molar-refractivity contribution >= 4 is 52.4 Å². The summed E-state index contributed by atoms with van der Waals surface area (Å²) < 4.78 is 10.4. The largest absolute Gasteiger partial charge is 0.493 e. The van der Waals surface area contributed by atoms with Crippen molar-refractivity contribution in [2.24, 2.45) is 0 Å². The van der Waals surface area contributed by atoms with Gasteiger partial charge in [0.2, 0.25) is 0 Å². The number of halogens is 3. The maximum atomic E-state index is 11.9. The van der Waals surface area contributed by atoms with Crippen molar-refractivity contribution in [3.05, 3.63) is 57.0 Å². The second-order valence-electron chi connectivity index (χ2n) is 5.32. The molecule has 0 saturated heterocycles. The maximum absolute atomic E-state index is 11.9. The number of nitrogens with one attached hydrogen (secondary N) is 1. The van der Waals surface area contributed by atoms with Crippen molar-refractivity contribution in [3.8, 4) is 5.75 Å². The van der Waals surface area contributed by atoms with Gasteiger partial charge in [-0.1, -0.05) is 53.0 Å². The summed E-state index contributed by atoms with van der Waals surface area (Å²) in [6.07, 6.45) is 0.0179. The van der Waals surface area contributed by atoms with Gasteiger partial charge < -0.3 is 14.8 Å². The van der Waals surface area contributed by atoms with Gasteiger partial charge in [0.1, 0.15) is 5.75 Å². The van der Waals surface area contributed by atoms with Crippen molar-refractivity contribution in [2.45, 2.75) is 13.3 Å². The molecule has 0 aromatic heterocycles. The molecule has 1 amide bonds. The van der Waals surface area contributed by atoms with Gasteiger partial charge in [0.15, 0.2) is 6.61 Å². The second kappa shape index (κ2) is 9.67. The van der Waals surface area contributed by atoms with E-state index in [1.54, 1.807) is 0 Å². The second-order valence-corrected chi connectivity index (χ2v) is 6.57. The lowest BCUT2D eigenvalue weighted by molar-refractivity contribution is -0.147. The van der Waals surface area contributed by atoms with Crippen LogP contribution in [0.3, 0.4) is 0 Å². The number of amides is 1. The van der Waals surface area contributed by atoms with Crippen LogP contribution in [0.2, 0.25) is 15.1 Å². The van der Waals surface area contributed by atoms with Crippen molar-refractivity contribution in [3.63, 3.8) is 0 Å². The van der Waals surface area contributed by atoms with Gasteiger partial charge in [-0.3, -0.25) is 9.59 Å². The predicted octanol–water partition coefficient (Wildman–Crippen LogP) is 4.91. The van der Waals surface area contributed by atoms with Crippen LogP contribution in [0.1, 0.15) is 12.0 Å². The smallest absolute Gasteiger partial charge is 0.309 e. The first-order chi connectivity index (χ1) is 12.4. The number of rotatable bonds is 7. The van der Waals surface area contributed by atoms with Crippen LogP contribution in [0.4, 0.5) is 5.69 Å². The van der Waals surface area contributed by atoms with Crippen molar-refractivity contribution in [2.75, 3.05) is 18.5 Å². The van der Waals surface area contributed by atoms with E-state index in [1.807, 2.05) is 31.2 Å². The molecular weight excluding hydrogens is 401 g/mol. The van der Waals surface area contributed by atoms with Gasteiger partial charge in [-0.05, 0) is 30.7 Å². The molecular formula is C18H16Cl3NO4. The number of carbonyl (C=O) groups excluding carboxylic acids is 2. The lowest BCUT2D eigenvalue weighted by Crippen LogP contribution is -2.22. The number of aryl methyl sites for hydroxylation is 1. The molecule has 0 bridgehead atoms. The Balaban J connectivity index is 1.75. The Morgan fingerprint density at radius 3 is 2.38 bits per heavy atom. The van der Waals surface area contributed by atoms with E-state index in [0.717, 1.165) is 5.56 Å². The predicted molar refractivity (Wildman–Crippen MR) is 102 cm³/mol. The monoisotopic (exact) mass is 415 g/mol. The Bertz CT molecular complexity index is 788. The minimum Gasteiger partial charge on any atom is -0.493 e. The molecule has 8 heteroatoms. The summed E-state index contributed by atoms with van der Waals surface area (Å²) in [6, 6.07) is 10.4. The van der Waals surface area contributed by atoms with Crippen molar-refractivity contribution in [1.82, 2.24) is 0 Å². The van der Waals surface area contributed by atoms with Crippen LogP contribution in [-0.4, -0.2) is 25.1 Å². The van der Waals surface area contributed by atoms with E-state index >= 15 is 0 Å². The van der Waals surface area contributed by atoms with E-state index in [1.165, 1.54) is 12.1 Å². The minimum atomic E-state index is -0.565. The molecule has 0 aliphatic heterocycles. The molecule has 5 nitrogen and oxygen atoms in total. The van der Waals surface area contributed by atoms with Crippen molar-refractivity contribution < 1.29 is 19.1 Å². The number of benzene rings is 2. The van der Waals surface area contributed by atoms with Gasteiger partial charge in [-0.2, -0.15) is 0 Å². The zero-order valence-electron chi connectivity index (χ0n) is 13.9. The molecule has 0 heterocycles. The fourth-order valence-corrected chi connectivity index (χ4v) is 2.93. The lowest BCUT2D eigenvalue weighted by atomic mass is 10.2. The molecule has 26 heavy (non-hydrogen) atoms. The fourth-order valence-electron chi connectivity index (χ4n) is 2.02. The molecule has 0 spiro atoms. The summed E-state index contributed by atoms with van der Waals surface area (Å²) in [5.41, 5.74) is 1.18. The highest BCUT2D eigenvalue weighted by Crippen LogP contribution is 2.33. The average Bonchev–Trinajstić information content (AvgIpc) is 2.58. The van der Waals surface area contributed by atoms with Gasteiger partial charge in [0, 0.05) is 5.02 Å². The average molecular weight is 417 g/mol. The Kier molecular flexibility index (Phi) is 7.57. The van der Waals surface area contributed by atoms with E-state index in [0.29, 0.717) is 10.8 Å². The number of hydrogen-bond donors (Lipinski definition) is 1. The summed E-state index contributed by atoms with van der Waals surface area (Å²) in [5, 5.41) is 3.20. The van der Waals surface area contributed by atoms with E-state index < -0.39 is 18.5 Å². The van der Waals surface area contributed by atoms with Crippen LogP contribution in [0.15, 0.2) is 36.4 Å². The van der Waals surface area contributed by atoms with Gasteiger partial charge >= 0.3 is 5.97 Å². The molecule has 0 fully saturated rings. The first-order valence-electron chi connectivity index (χ1n) is 7.65. The number of esters is 1. The molecule has 1 N–H and O–H groups in total. The number of hydrogen-bond acceptors (Lipinski definition) is 4. The van der Waals surface area contributed by atoms with Gasteiger partial charge in [0.05, 0.1) is 28.8 Å². The third-order valence-electron chi connectivity index (χ3n) is 3.29. The molecule has 2 aromatic carbocycles. The number of para-hydroxylation sites is 1. The van der Waals surface area contributed by atoms with Crippen LogP contribution < -0.4 is 10.1 Å². The molecule has 2 rings (SSSR count). The summed E-state index contributed by atoms with van der Waals surface area (Å²) >= 11 is 17.7.